The Balaban J connectivity index is 2.19. The lowest BCUT2D eigenvalue weighted by Gasteiger charge is -1.91. The zero-order chi connectivity index (χ0) is 10.7. The number of aromatic amines is 1. The molecule has 0 bridgehead atoms. The Hall–Kier alpha value is -1.88. The fourth-order valence-corrected chi connectivity index (χ4v) is 1.11. The molecular weight excluding hydrogens is 214 g/mol. The molecule has 1 aromatic heterocycles. The highest BCUT2D eigenvalue weighted by Crippen LogP contribution is 2.22. The van der Waals surface area contributed by atoms with Crippen LogP contribution in [0.5, 0.6) is 0 Å². The van der Waals surface area contributed by atoms with Gasteiger partial charge in [-0.3, -0.25) is 5.10 Å². The van der Waals surface area contributed by atoms with Gasteiger partial charge in [-0.1, -0.05) is 11.6 Å². The number of rotatable bonds is 2. The number of nitrogen functional groups attached to an aromatic ring is 1. The first-order valence-corrected chi connectivity index (χ1v) is 4.59. The van der Waals surface area contributed by atoms with Crippen LogP contribution in [0.25, 0.3) is 0 Å². The summed E-state index contributed by atoms with van der Waals surface area (Å²) in [5, 5.41) is 14.9. The van der Waals surface area contributed by atoms with Gasteiger partial charge in [0.05, 0.1) is 11.9 Å². The van der Waals surface area contributed by atoms with Crippen molar-refractivity contribution in [3.8, 4) is 0 Å². The number of aromatic nitrogens is 2. The number of nitrogens with one attached hydrogen (secondary N) is 1. The van der Waals surface area contributed by atoms with Crippen LogP contribution in [-0.2, 0) is 0 Å². The SMILES string of the molecule is Nc1[nH]ncc1N=Nc1ccc(Cl)cc1. The van der Waals surface area contributed by atoms with Crippen LogP contribution in [0.3, 0.4) is 0 Å². The minimum Gasteiger partial charge on any atom is -0.382 e. The topological polar surface area (TPSA) is 79.4 Å². The molecule has 0 saturated carbocycles. The molecule has 2 rings (SSSR count). The highest BCUT2D eigenvalue weighted by Gasteiger charge is 1.97. The first kappa shape index (κ1) is 9.67. The van der Waals surface area contributed by atoms with E-state index in [0.717, 1.165) is 0 Å². The molecule has 6 heteroatoms. The predicted octanol–water partition coefficient (Wildman–Crippen LogP) is 3.06. The highest BCUT2D eigenvalue weighted by molar-refractivity contribution is 6.30. The van der Waals surface area contributed by atoms with Gasteiger partial charge in [-0.25, -0.2) is 0 Å². The van der Waals surface area contributed by atoms with Crippen molar-refractivity contribution in [1.29, 1.82) is 0 Å². The number of nitrogens with two attached hydrogens (primary N) is 1. The monoisotopic (exact) mass is 221 g/mol. The van der Waals surface area contributed by atoms with Crippen LogP contribution in [0.2, 0.25) is 5.02 Å². The van der Waals surface area contributed by atoms with E-state index in [9.17, 15) is 0 Å². The minimum atomic E-state index is 0.396. The predicted molar refractivity (Wildman–Crippen MR) is 58.6 cm³/mol. The van der Waals surface area contributed by atoms with Gasteiger partial charge < -0.3 is 5.73 Å². The molecule has 0 amide bonds. The van der Waals surface area contributed by atoms with E-state index in [0.29, 0.717) is 22.2 Å². The van der Waals surface area contributed by atoms with Crippen molar-refractivity contribution in [1.82, 2.24) is 10.2 Å². The molecule has 5 nitrogen and oxygen atoms in total. The van der Waals surface area contributed by atoms with E-state index in [1.165, 1.54) is 6.20 Å². The van der Waals surface area contributed by atoms with E-state index in [4.69, 9.17) is 17.3 Å². The Morgan fingerprint density at radius 2 is 1.93 bits per heavy atom. The fourth-order valence-electron chi connectivity index (χ4n) is 0.989. The molecule has 0 aliphatic carbocycles. The average Bonchev–Trinajstić information content (AvgIpc) is 2.63. The second-order valence-corrected chi connectivity index (χ2v) is 3.28. The molecule has 0 unspecified atom stereocenters. The Labute approximate surface area is 91.0 Å². The van der Waals surface area contributed by atoms with Crippen LogP contribution in [0.1, 0.15) is 0 Å². The molecule has 2 aromatic rings. The van der Waals surface area contributed by atoms with E-state index in [1.807, 2.05) is 0 Å². The number of H-pyrrole nitrogens is 1. The molecular formula is C9H8ClN5. The number of anilines is 1. The standard InChI is InChI=1S/C9H8ClN5/c10-6-1-3-7(4-2-6)13-14-8-5-12-15-9(8)11/h1-5H,(H3,11,12,15). The molecule has 0 spiro atoms. The first-order valence-electron chi connectivity index (χ1n) is 4.22. The lowest BCUT2D eigenvalue weighted by molar-refractivity contribution is 1.10. The number of nitrogens with zero attached hydrogens (tertiary/aromatic N) is 3. The van der Waals surface area contributed by atoms with Crippen LogP contribution in [0, 0.1) is 0 Å². The molecule has 0 fully saturated rings. The van der Waals surface area contributed by atoms with Gasteiger partial charge in [-0.15, -0.1) is 5.11 Å². The number of benzene rings is 1. The second-order valence-electron chi connectivity index (χ2n) is 2.85. The van der Waals surface area contributed by atoms with Gasteiger partial charge in [0.25, 0.3) is 0 Å². The maximum absolute atomic E-state index is 5.73. The van der Waals surface area contributed by atoms with Gasteiger partial charge >= 0.3 is 0 Å². The Morgan fingerprint density at radius 3 is 2.53 bits per heavy atom. The van der Waals surface area contributed by atoms with Crippen molar-refractivity contribution in [2.75, 3.05) is 5.73 Å². The van der Waals surface area contributed by atoms with Gasteiger partial charge in [0, 0.05) is 5.02 Å². The summed E-state index contributed by atoms with van der Waals surface area (Å²) in [4.78, 5) is 0. The second kappa shape index (κ2) is 4.10. The van der Waals surface area contributed by atoms with Crippen molar-refractivity contribution < 1.29 is 0 Å². The fraction of sp³-hybridized carbons (Fsp3) is 0. The summed E-state index contributed by atoms with van der Waals surface area (Å²) < 4.78 is 0. The molecule has 0 aliphatic rings. The largest absolute Gasteiger partial charge is 0.382 e. The quantitative estimate of drug-likeness (QED) is 0.765. The molecule has 0 radical (unpaired) electrons. The zero-order valence-corrected chi connectivity index (χ0v) is 8.44. The number of azo groups is 1. The summed E-state index contributed by atoms with van der Waals surface area (Å²) in [6.07, 6.45) is 1.51. The van der Waals surface area contributed by atoms with Crippen molar-refractivity contribution in [3.05, 3.63) is 35.5 Å². The highest BCUT2D eigenvalue weighted by atomic mass is 35.5. The Morgan fingerprint density at radius 1 is 1.20 bits per heavy atom. The van der Waals surface area contributed by atoms with Gasteiger partial charge in [-0.05, 0) is 24.3 Å². The summed E-state index contributed by atoms with van der Waals surface area (Å²) in [6, 6.07) is 7.02. The summed E-state index contributed by atoms with van der Waals surface area (Å²) in [6.45, 7) is 0. The number of halogens is 1. The van der Waals surface area contributed by atoms with Crippen LogP contribution in [-0.4, -0.2) is 10.2 Å². The van der Waals surface area contributed by atoms with Crippen molar-refractivity contribution >= 4 is 28.8 Å². The summed E-state index contributed by atoms with van der Waals surface area (Å²) in [5.41, 5.74) is 6.76. The summed E-state index contributed by atoms with van der Waals surface area (Å²) >= 11 is 5.73. The summed E-state index contributed by atoms with van der Waals surface area (Å²) in [7, 11) is 0. The van der Waals surface area contributed by atoms with Crippen LogP contribution in [0.15, 0.2) is 40.7 Å². The molecule has 0 saturated heterocycles. The summed E-state index contributed by atoms with van der Waals surface area (Å²) in [5.74, 6) is 0.396. The maximum atomic E-state index is 5.73. The molecule has 3 N–H and O–H groups in total. The Kier molecular flexibility index (Phi) is 2.64. The first-order chi connectivity index (χ1) is 7.25. The third kappa shape index (κ3) is 2.32. The molecule has 0 atom stereocenters. The van der Waals surface area contributed by atoms with E-state index >= 15 is 0 Å². The van der Waals surface area contributed by atoms with Crippen LogP contribution < -0.4 is 5.73 Å². The van der Waals surface area contributed by atoms with Crippen LogP contribution in [0.4, 0.5) is 17.2 Å². The lowest BCUT2D eigenvalue weighted by Crippen LogP contribution is -1.82. The Bertz CT molecular complexity index is 474. The van der Waals surface area contributed by atoms with Gasteiger partial charge in [0.2, 0.25) is 0 Å². The molecule has 1 aromatic carbocycles. The van der Waals surface area contributed by atoms with E-state index in [2.05, 4.69) is 20.4 Å². The molecule has 15 heavy (non-hydrogen) atoms. The minimum absolute atomic E-state index is 0.396. The molecule has 1 heterocycles. The van der Waals surface area contributed by atoms with Crippen molar-refractivity contribution in [3.63, 3.8) is 0 Å². The number of hydrogen-bond donors (Lipinski definition) is 2. The number of hydrogen-bond acceptors (Lipinski definition) is 4. The average molecular weight is 222 g/mol. The van der Waals surface area contributed by atoms with E-state index in [-0.39, 0.29) is 0 Å². The van der Waals surface area contributed by atoms with Crippen molar-refractivity contribution in [2.45, 2.75) is 0 Å². The smallest absolute Gasteiger partial charge is 0.147 e. The maximum Gasteiger partial charge on any atom is 0.147 e. The normalized spacial score (nSPS) is 11.0. The van der Waals surface area contributed by atoms with Crippen molar-refractivity contribution in [2.24, 2.45) is 10.2 Å². The van der Waals surface area contributed by atoms with E-state index < -0.39 is 0 Å². The molecule has 0 aliphatic heterocycles. The third-order valence-corrected chi connectivity index (χ3v) is 2.00. The van der Waals surface area contributed by atoms with Gasteiger partial charge in [-0.2, -0.15) is 10.2 Å². The van der Waals surface area contributed by atoms with E-state index in [1.54, 1.807) is 24.3 Å². The third-order valence-electron chi connectivity index (χ3n) is 1.75. The van der Waals surface area contributed by atoms with Gasteiger partial charge in [0.15, 0.2) is 0 Å². The van der Waals surface area contributed by atoms with Crippen LogP contribution >= 0.6 is 11.6 Å². The lowest BCUT2D eigenvalue weighted by atomic mass is 10.3. The van der Waals surface area contributed by atoms with Gasteiger partial charge in [0.1, 0.15) is 11.5 Å². The molecule has 76 valence electrons. The zero-order valence-electron chi connectivity index (χ0n) is 7.68.